The van der Waals surface area contributed by atoms with Crippen LogP contribution in [0.25, 0.3) is 21.9 Å². The van der Waals surface area contributed by atoms with Crippen molar-refractivity contribution >= 4 is 27.9 Å². The Hall–Kier alpha value is -3.28. The van der Waals surface area contributed by atoms with Gasteiger partial charge in [0.1, 0.15) is 0 Å². The van der Waals surface area contributed by atoms with Crippen LogP contribution in [0.15, 0.2) is 47.3 Å². The van der Waals surface area contributed by atoms with Crippen molar-refractivity contribution in [2.24, 2.45) is 0 Å². The van der Waals surface area contributed by atoms with Crippen LogP contribution < -0.4 is 5.69 Å². The van der Waals surface area contributed by atoms with Crippen molar-refractivity contribution in [3.63, 3.8) is 0 Å². The Morgan fingerprint density at radius 3 is 2.39 bits per heavy atom. The Labute approximate surface area is 194 Å². The number of carbonyl (C=O) groups is 1. The standard InChI is InChI=1S/C27H33N3O3/c1-6-11-20(16-25(31)33-7-2)30-24-15-9-8-14-23(24)29(27(30)32)19(5)22-13-10-12-21-17(3)18(4)28-26(21)22/h8-10,12-15,19-20,28H,6-7,11,16H2,1-5H3. The smallest absolute Gasteiger partial charge is 0.329 e. The van der Waals surface area contributed by atoms with E-state index in [9.17, 15) is 9.59 Å². The zero-order valence-electron chi connectivity index (χ0n) is 20.1. The number of esters is 1. The van der Waals surface area contributed by atoms with Crippen molar-refractivity contribution in [2.75, 3.05) is 6.61 Å². The summed E-state index contributed by atoms with van der Waals surface area (Å²) in [6, 6.07) is 13.7. The van der Waals surface area contributed by atoms with E-state index < -0.39 is 0 Å². The molecular weight excluding hydrogens is 414 g/mol. The van der Waals surface area contributed by atoms with Gasteiger partial charge in [-0.05, 0) is 57.4 Å². The lowest BCUT2D eigenvalue weighted by molar-refractivity contribution is -0.144. The van der Waals surface area contributed by atoms with Crippen LogP contribution in [0.4, 0.5) is 0 Å². The third-order valence-electron chi connectivity index (χ3n) is 6.72. The van der Waals surface area contributed by atoms with Gasteiger partial charge in [-0.2, -0.15) is 0 Å². The fourth-order valence-electron chi connectivity index (χ4n) is 4.98. The highest BCUT2D eigenvalue weighted by atomic mass is 16.5. The molecule has 4 rings (SSSR count). The summed E-state index contributed by atoms with van der Waals surface area (Å²) in [5, 5.41) is 1.18. The zero-order chi connectivity index (χ0) is 23.7. The number of hydrogen-bond acceptors (Lipinski definition) is 3. The molecule has 2 heterocycles. The predicted octanol–water partition coefficient (Wildman–Crippen LogP) is 5.80. The summed E-state index contributed by atoms with van der Waals surface area (Å²) in [5.41, 5.74) is 6.14. The molecule has 2 aromatic carbocycles. The van der Waals surface area contributed by atoms with Crippen LogP contribution in [0.2, 0.25) is 0 Å². The molecule has 174 valence electrons. The first kappa shape index (κ1) is 22.9. The second kappa shape index (κ2) is 9.30. The van der Waals surface area contributed by atoms with Gasteiger partial charge in [-0.1, -0.05) is 43.7 Å². The van der Waals surface area contributed by atoms with E-state index >= 15 is 0 Å². The van der Waals surface area contributed by atoms with Gasteiger partial charge in [-0.15, -0.1) is 0 Å². The normalized spacial score (nSPS) is 13.5. The molecule has 0 aliphatic heterocycles. The molecule has 4 aromatic rings. The number of nitrogens with one attached hydrogen (secondary N) is 1. The first-order valence-electron chi connectivity index (χ1n) is 11.8. The van der Waals surface area contributed by atoms with Gasteiger partial charge in [-0.3, -0.25) is 13.9 Å². The molecule has 2 aromatic heterocycles. The lowest BCUT2D eigenvalue weighted by Crippen LogP contribution is -2.31. The minimum Gasteiger partial charge on any atom is -0.466 e. The number of benzene rings is 2. The summed E-state index contributed by atoms with van der Waals surface area (Å²) < 4.78 is 8.88. The summed E-state index contributed by atoms with van der Waals surface area (Å²) in [6.45, 7) is 10.5. The molecule has 0 radical (unpaired) electrons. The maximum Gasteiger partial charge on any atom is 0.329 e. The molecule has 0 fully saturated rings. The molecule has 2 atom stereocenters. The predicted molar refractivity (Wildman–Crippen MR) is 133 cm³/mol. The van der Waals surface area contributed by atoms with Gasteiger partial charge in [0.2, 0.25) is 0 Å². The molecule has 0 spiro atoms. The summed E-state index contributed by atoms with van der Waals surface area (Å²) in [7, 11) is 0. The number of aromatic nitrogens is 3. The van der Waals surface area contributed by atoms with Crippen molar-refractivity contribution < 1.29 is 9.53 Å². The van der Waals surface area contributed by atoms with Crippen molar-refractivity contribution in [3.8, 4) is 0 Å². The minimum atomic E-state index is -0.269. The molecule has 6 nitrogen and oxygen atoms in total. The van der Waals surface area contributed by atoms with E-state index in [4.69, 9.17) is 4.74 Å². The molecule has 6 heteroatoms. The van der Waals surface area contributed by atoms with Crippen molar-refractivity contribution in [2.45, 2.75) is 66.0 Å². The fraction of sp³-hybridized carbons (Fsp3) is 0.407. The number of aryl methyl sites for hydroxylation is 2. The van der Waals surface area contributed by atoms with Gasteiger partial charge in [0.15, 0.2) is 0 Å². The first-order valence-corrected chi connectivity index (χ1v) is 11.8. The second-order valence-electron chi connectivity index (χ2n) is 8.78. The number of para-hydroxylation sites is 3. The quantitative estimate of drug-likeness (QED) is 0.347. The molecule has 0 aliphatic rings. The Bertz CT molecular complexity index is 1360. The number of aromatic amines is 1. The summed E-state index contributed by atoms with van der Waals surface area (Å²) in [6.07, 6.45) is 1.78. The van der Waals surface area contributed by atoms with Gasteiger partial charge < -0.3 is 9.72 Å². The van der Waals surface area contributed by atoms with Crippen LogP contribution in [0.3, 0.4) is 0 Å². The first-order chi connectivity index (χ1) is 15.9. The molecule has 1 N–H and O–H groups in total. The van der Waals surface area contributed by atoms with Gasteiger partial charge in [0, 0.05) is 17.1 Å². The molecule has 0 amide bonds. The Kier molecular flexibility index (Phi) is 6.45. The summed E-state index contributed by atoms with van der Waals surface area (Å²) >= 11 is 0. The minimum absolute atomic E-state index is 0.0940. The highest BCUT2D eigenvalue weighted by Crippen LogP contribution is 2.32. The number of carbonyl (C=O) groups excluding carboxylic acids is 1. The molecule has 0 saturated heterocycles. The SMILES string of the molecule is CCCC(CC(=O)OCC)n1c(=O)n(C(C)c2cccc3c(C)c(C)[nH]c23)c2ccccc21. The molecule has 0 bridgehead atoms. The van der Waals surface area contributed by atoms with Crippen LogP contribution in [0.5, 0.6) is 0 Å². The third kappa shape index (κ3) is 3.99. The lowest BCUT2D eigenvalue weighted by atomic mass is 10.0. The van der Waals surface area contributed by atoms with Crippen molar-refractivity contribution in [1.82, 2.24) is 14.1 Å². The molecule has 33 heavy (non-hydrogen) atoms. The number of imidazole rings is 1. The van der Waals surface area contributed by atoms with E-state index in [0.29, 0.717) is 6.61 Å². The number of rotatable bonds is 8. The maximum absolute atomic E-state index is 13.9. The Balaban J connectivity index is 1.90. The van der Waals surface area contributed by atoms with Crippen LogP contribution in [0, 0.1) is 13.8 Å². The number of nitrogens with zero attached hydrogens (tertiary/aromatic N) is 2. The van der Waals surface area contributed by atoms with Gasteiger partial charge >= 0.3 is 11.7 Å². The number of H-pyrrole nitrogens is 1. The van der Waals surface area contributed by atoms with Crippen LogP contribution in [-0.4, -0.2) is 26.7 Å². The van der Waals surface area contributed by atoms with Gasteiger partial charge in [0.25, 0.3) is 0 Å². The zero-order valence-corrected chi connectivity index (χ0v) is 20.1. The lowest BCUT2D eigenvalue weighted by Gasteiger charge is -2.18. The summed E-state index contributed by atoms with van der Waals surface area (Å²) in [5.74, 6) is -0.269. The number of ether oxygens (including phenoxy) is 1. The van der Waals surface area contributed by atoms with Crippen LogP contribution >= 0.6 is 0 Å². The highest BCUT2D eigenvalue weighted by Gasteiger charge is 2.26. The third-order valence-corrected chi connectivity index (χ3v) is 6.72. The van der Waals surface area contributed by atoms with E-state index in [1.54, 1.807) is 11.5 Å². The number of hydrogen-bond donors (Lipinski definition) is 1. The molecule has 0 aliphatic carbocycles. The monoisotopic (exact) mass is 447 g/mol. The van der Waals surface area contributed by atoms with Crippen LogP contribution in [0.1, 0.15) is 68.9 Å². The van der Waals surface area contributed by atoms with E-state index in [1.807, 2.05) is 28.8 Å². The Morgan fingerprint density at radius 1 is 1.03 bits per heavy atom. The van der Waals surface area contributed by atoms with E-state index in [2.05, 4.69) is 50.9 Å². The largest absolute Gasteiger partial charge is 0.466 e. The van der Waals surface area contributed by atoms with Gasteiger partial charge in [-0.25, -0.2) is 4.79 Å². The van der Waals surface area contributed by atoms with Crippen molar-refractivity contribution in [1.29, 1.82) is 0 Å². The maximum atomic E-state index is 13.9. The average molecular weight is 448 g/mol. The second-order valence-corrected chi connectivity index (χ2v) is 8.78. The van der Waals surface area contributed by atoms with Gasteiger partial charge in [0.05, 0.1) is 35.6 Å². The van der Waals surface area contributed by atoms with E-state index in [-0.39, 0.29) is 30.2 Å². The van der Waals surface area contributed by atoms with Crippen molar-refractivity contribution in [3.05, 3.63) is 69.8 Å². The topological polar surface area (TPSA) is 69.0 Å². The average Bonchev–Trinajstić information content (AvgIpc) is 3.25. The highest BCUT2D eigenvalue weighted by molar-refractivity contribution is 5.88. The van der Waals surface area contributed by atoms with E-state index in [1.165, 1.54) is 10.9 Å². The Morgan fingerprint density at radius 2 is 1.73 bits per heavy atom. The summed E-state index contributed by atoms with van der Waals surface area (Å²) in [4.78, 5) is 29.8. The molecular formula is C27H33N3O3. The van der Waals surface area contributed by atoms with E-state index in [0.717, 1.165) is 40.6 Å². The fourth-order valence-corrected chi connectivity index (χ4v) is 4.98. The van der Waals surface area contributed by atoms with Crippen LogP contribution in [-0.2, 0) is 9.53 Å². The molecule has 0 saturated carbocycles. The molecule has 2 unspecified atom stereocenters. The number of fused-ring (bicyclic) bond motifs is 2.